The van der Waals surface area contributed by atoms with E-state index in [4.69, 9.17) is 27.7 Å². The Morgan fingerprint density at radius 1 is 1.16 bits per heavy atom. The minimum Gasteiger partial charge on any atom is -0.361 e. The zero-order valence-electron chi connectivity index (χ0n) is 14.0. The van der Waals surface area contributed by atoms with Crippen LogP contribution in [0.2, 0.25) is 10.0 Å². The fraction of sp³-hybridized carbons (Fsp3) is 0.412. The van der Waals surface area contributed by atoms with E-state index >= 15 is 0 Å². The Balaban J connectivity index is 1.43. The summed E-state index contributed by atoms with van der Waals surface area (Å²) in [6.07, 6.45) is 0. The van der Waals surface area contributed by atoms with Gasteiger partial charge in [0.2, 0.25) is 5.91 Å². The van der Waals surface area contributed by atoms with E-state index in [1.807, 2.05) is 13.0 Å². The molecule has 1 aromatic heterocycles. The highest BCUT2D eigenvalue weighted by Crippen LogP contribution is 2.25. The van der Waals surface area contributed by atoms with Gasteiger partial charge in [0.15, 0.2) is 0 Å². The number of aromatic nitrogens is 1. The van der Waals surface area contributed by atoms with Crippen LogP contribution in [0.15, 0.2) is 28.8 Å². The van der Waals surface area contributed by atoms with Crippen LogP contribution in [0.5, 0.6) is 0 Å². The van der Waals surface area contributed by atoms with Crippen LogP contribution in [0.4, 0.5) is 5.69 Å². The van der Waals surface area contributed by atoms with Crippen LogP contribution in [0, 0.1) is 6.92 Å². The third kappa shape index (κ3) is 5.19. The van der Waals surface area contributed by atoms with Gasteiger partial charge >= 0.3 is 0 Å². The Hall–Kier alpha value is -1.60. The monoisotopic (exact) mass is 382 g/mol. The van der Waals surface area contributed by atoms with Gasteiger partial charge < -0.3 is 9.84 Å². The van der Waals surface area contributed by atoms with Gasteiger partial charge in [-0.1, -0.05) is 28.4 Å². The van der Waals surface area contributed by atoms with Gasteiger partial charge in [-0.05, 0) is 25.1 Å². The van der Waals surface area contributed by atoms with Gasteiger partial charge in [-0.3, -0.25) is 14.6 Å². The molecule has 25 heavy (non-hydrogen) atoms. The van der Waals surface area contributed by atoms with E-state index in [2.05, 4.69) is 20.3 Å². The minimum atomic E-state index is -0.0565. The van der Waals surface area contributed by atoms with Crippen molar-refractivity contribution in [3.8, 4) is 0 Å². The highest BCUT2D eigenvalue weighted by Gasteiger charge is 2.20. The van der Waals surface area contributed by atoms with Crippen LogP contribution in [0.3, 0.4) is 0 Å². The number of carbonyl (C=O) groups is 1. The van der Waals surface area contributed by atoms with Crippen LogP contribution in [0.1, 0.15) is 11.5 Å². The number of hydrogen-bond acceptors (Lipinski definition) is 5. The zero-order valence-corrected chi connectivity index (χ0v) is 15.5. The van der Waals surface area contributed by atoms with Crippen molar-refractivity contribution in [3.63, 3.8) is 0 Å². The summed E-state index contributed by atoms with van der Waals surface area (Å²) in [6.45, 7) is 6.49. The Morgan fingerprint density at radius 2 is 1.88 bits per heavy atom. The number of halogens is 2. The Morgan fingerprint density at radius 3 is 2.52 bits per heavy atom. The lowest BCUT2D eigenvalue weighted by Gasteiger charge is -2.33. The van der Waals surface area contributed by atoms with Gasteiger partial charge in [0, 0.05) is 44.5 Å². The van der Waals surface area contributed by atoms with E-state index in [9.17, 15) is 4.79 Å². The summed E-state index contributed by atoms with van der Waals surface area (Å²) in [6, 6.07) is 7.02. The van der Waals surface area contributed by atoms with E-state index in [0.717, 1.165) is 44.2 Å². The molecule has 0 saturated carbocycles. The topological polar surface area (TPSA) is 61.6 Å². The molecule has 0 bridgehead atoms. The molecule has 8 heteroatoms. The van der Waals surface area contributed by atoms with E-state index in [1.54, 1.807) is 18.2 Å². The van der Waals surface area contributed by atoms with Crippen molar-refractivity contribution >= 4 is 34.8 Å². The van der Waals surface area contributed by atoms with Gasteiger partial charge in [0.25, 0.3) is 0 Å². The molecule has 2 heterocycles. The van der Waals surface area contributed by atoms with Crippen molar-refractivity contribution in [2.24, 2.45) is 0 Å². The Kier molecular flexibility index (Phi) is 5.96. The number of rotatable bonds is 5. The summed E-state index contributed by atoms with van der Waals surface area (Å²) in [5, 5.41) is 7.77. The first-order valence-electron chi connectivity index (χ1n) is 8.11. The number of piperazine rings is 1. The number of anilines is 1. The first-order valence-corrected chi connectivity index (χ1v) is 8.87. The fourth-order valence-corrected chi connectivity index (χ4v) is 3.10. The highest BCUT2D eigenvalue weighted by molar-refractivity contribution is 6.42. The molecule has 1 amide bonds. The van der Waals surface area contributed by atoms with Gasteiger partial charge in [-0.15, -0.1) is 0 Å². The molecule has 2 aromatic rings. The molecule has 3 rings (SSSR count). The number of carbonyl (C=O) groups excluding carboxylic acids is 1. The molecule has 1 N–H and O–H groups in total. The Labute approximate surface area is 156 Å². The van der Waals surface area contributed by atoms with Gasteiger partial charge in [0.05, 0.1) is 22.3 Å². The van der Waals surface area contributed by atoms with Gasteiger partial charge in [-0.25, -0.2) is 0 Å². The maximum atomic E-state index is 12.2. The van der Waals surface area contributed by atoms with Crippen molar-refractivity contribution in [2.75, 3.05) is 38.0 Å². The standard InChI is InChI=1S/C17H20Cl2N4O2/c1-12-8-14(21-25-12)10-22-4-6-23(7-5-22)11-17(24)20-13-2-3-15(18)16(19)9-13/h2-3,8-9H,4-7,10-11H2,1H3,(H,20,24). The number of benzene rings is 1. The molecular weight excluding hydrogens is 363 g/mol. The maximum absolute atomic E-state index is 12.2. The minimum absolute atomic E-state index is 0.0565. The lowest BCUT2D eigenvalue weighted by molar-refractivity contribution is -0.117. The van der Waals surface area contributed by atoms with E-state index < -0.39 is 0 Å². The summed E-state index contributed by atoms with van der Waals surface area (Å²) < 4.78 is 5.09. The van der Waals surface area contributed by atoms with Crippen molar-refractivity contribution in [3.05, 3.63) is 45.8 Å². The maximum Gasteiger partial charge on any atom is 0.238 e. The second-order valence-corrected chi connectivity index (χ2v) is 6.97. The smallest absolute Gasteiger partial charge is 0.238 e. The predicted octanol–water partition coefficient (Wildman–Crippen LogP) is 3.05. The van der Waals surface area contributed by atoms with Crippen molar-refractivity contribution in [1.29, 1.82) is 0 Å². The van der Waals surface area contributed by atoms with E-state index in [1.165, 1.54) is 0 Å². The lowest BCUT2D eigenvalue weighted by Crippen LogP contribution is -2.48. The molecule has 0 spiro atoms. The normalized spacial score (nSPS) is 16.1. The molecule has 0 atom stereocenters. The number of hydrogen-bond donors (Lipinski definition) is 1. The van der Waals surface area contributed by atoms with Crippen molar-refractivity contribution in [1.82, 2.24) is 15.0 Å². The summed E-state index contributed by atoms with van der Waals surface area (Å²) in [5.41, 5.74) is 1.60. The summed E-state index contributed by atoms with van der Waals surface area (Å²) in [7, 11) is 0. The molecule has 1 aromatic carbocycles. The second kappa shape index (κ2) is 8.19. The molecule has 0 radical (unpaired) electrons. The fourth-order valence-electron chi connectivity index (χ4n) is 2.80. The molecule has 0 unspecified atom stereocenters. The molecule has 0 aliphatic carbocycles. The Bertz CT molecular complexity index is 742. The zero-order chi connectivity index (χ0) is 17.8. The average molecular weight is 383 g/mol. The third-order valence-electron chi connectivity index (χ3n) is 4.10. The van der Waals surface area contributed by atoms with Gasteiger partial charge in [-0.2, -0.15) is 0 Å². The molecule has 1 aliphatic rings. The third-order valence-corrected chi connectivity index (χ3v) is 4.84. The van der Waals surface area contributed by atoms with Crippen molar-refractivity contribution < 1.29 is 9.32 Å². The number of nitrogens with one attached hydrogen (secondary N) is 1. The number of nitrogens with zero attached hydrogens (tertiary/aromatic N) is 3. The number of amides is 1. The summed E-state index contributed by atoms with van der Waals surface area (Å²) >= 11 is 11.8. The average Bonchev–Trinajstić information content (AvgIpc) is 2.98. The largest absolute Gasteiger partial charge is 0.361 e. The van der Waals surface area contributed by atoms with Crippen LogP contribution >= 0.6 is 23.2 Å². The number of aryl methyl sites for hydroxylation is 1. The quantitative estimate of drug-likeness (QED) is 0.860. The SMILES string of the molecule is Cc1cc(CN2CCN(CC(=O)Nc3ccc(Cl)c(Cl)c3)CC2)no1. The second-order valence-electron chi connectivity index (χ2n) is 6.16. The first kappa shape index (κ1) is 18.2. The molecule has 1 fully saturated rings. The van der Waals surface area contributed by atoms with E-state index in [0.29, 0.717) is 22.3 Å². The highest BCUT2D eigenvalue weighted by atomic mass is 35.5. The van der Waals surface area contributed by atoms with E-state index in [-0.39, 0.29) is 5.91 Å². The van der Waals surface area contributed by atoms with Crippen LogP contribution in [0.25, 0.3) is 0 Å². The molecule has 1 aliphatic heterocycles. The van der Waals surface area contributed by atoms with Crippen molar-refractivity contribution in [2.45, 2.75) is 13.5 Å². The van der Waals surface area contributed by atoms with Crippen LogP contribution in [-0.4, -0.2) is 53.6 Å². The lowest BCUT2D eigenvalue weighted by atomic mass is 10.2. The summed E-state index contributed by atoms with van der Waals surface area (Å²) in [4.78, 5) is 16.6. The van der Waals surface area contributed by atoms with Gasteiger partial charge in [0.1, 0.15) is 5.76 Å². The first-order chi connectivity index (χ1) is 12.0. The molecule has 6 nitrogen and oxygen atoms in total. The van der Waals surface area contributed by atoms with Crippen LogP contribution < -0.4 is 5.32 Å². The molecular formula is C17H20Cl2N4O2. The van der Waals surface area contributed by atoms with Crippen LogP contribution in [-0.2, 0) is 11.3 Å². The molecule has 134 valence electrons. The predicted molar refractivity (Wildman–Crippen MR) is 98.0 cm³/mol. The summed E-state index contributed by atoms with van der Waals surface area (Å²) in [5.74, 6) is 0.770. The molecule has 1 saturated heterocycles.